The van der Waals surface area contributed by atoms with Crippen LogP contribution in [0.4, 0.5) is 10.2 Å². The molecule has 0 bridgehead atoms. The lowest BCUT2D eigenvalue weighted by atomic mass is 10.0. The van der Waals surface area contributed by atoms with Gasteiger partial charge in [-0.2, -0.15) is 0 Å². The predicted octanol–water partition coefficient (Wildman–Crippen LogP) is 2.36. The van der Waals surface area contributed by atoms with E-state index in [1.165, 1.54) is 12.1 Å². The number of ether oxygens (including phenoxy) is 1. The van der Waals surface area contributed by atoms with Crippen molar-refractivity contribution in [2.45, 2.75) is 25.4 Å². The normalized spacial score (nSPS) is 14.4. The molecule has 2 N–H and O–H groups in total. The molecule has 4 aromatic rings. The number of fused-ring (bicyclic) bond motifs is 2. The summed E-state index contributed by atoms with van der Waals surface area (Å²) >= 11 is 0. The van der Waals surface area contributed by atoms with E-state index in [1.807, 2.05) is 11.6 Å². The Morgan fingerprint density at radius 3 is 2.68 bits per heavy atom. The number of anilines is 1. The van der Waals surface area contributed by atoms with Crippen LogP contribution >= 0.6 is 0 Å². The third kappa shape index (κ3) is 5.36. The van der Waals surface area contributed by atoms with Gasteiger partial charge >= 0.3 is 0 Å². The summed E-state index contributed by atoms with van der Waals surface area (Å²) in [4.78, 5) is 41.4. The van der Waals surface area contributed by atoms with Crippen LogP contribution in [0, 0.1) is 5.82 Å². The zero-order valence-corrected chi connectivity index (χ0v) is 20.5. The molecule has 37 heavy (non-hydrogen) atoms. The van der Waals surface area contributed by atoms with E-state index < -0.39 is 5.91 Å². The van der Waals surface area contributed by atoms with E-state index >= 15 is 0 Å². The van der Waals surface area contributed by atoms with Gasteiger partial charge in [0.05, 0.1) is 41.2 Å². The lowest BCUT2D eigenvalue weighted by Crippen LogP contribution is -2.47. The van der Waals surface area contributed by atoms with E-state index in [1.54, 1.807) is 41.7 Å². The van der Waals surface area contributed by atoms with Gasteiger partial charge in [0.15, 0.2) is 0 Å². The quantitative estimate of drug-likeness (QED) is 0.365. The second-order valence-corrected chi connectivity index (χ2v) is 9.14. The maximum absolute atomic E-state index is 13.4. The third-order valence-corrected chi connectivity index (χ3v) is 6.83. The number of imidazole rings is 1. The van der Waals surface area contributed by atoms with E-state index in [2.05, 4.69) is 19.9 Å². The number of amides is 2. The van der Waals surface area contributed by atoms with Crippen molar-refractivity contribution in [3.8, 4) is 0 Å². The summed E-state index contributed by atoms with van der Waals surface area (Å²) in [5, 5.41) is 0. The number of hydrogen-bond donors (Lipinski definition) is 1. The molecule has 2 aromatic carbocycles. The van der Waals surface area contributed by atoms with E-state index in [-0.39, 0.29) is 24.4 Å². The van der Waals surface area contributed by atoms with Crippen LogP contribution in [-0.2, 0) is 16.1 Å². The number of nitrogens with two attached hydrogens (primary N) is 1. The Morgan fingerprint density at radius 2 is 1.89 bits per heavy atom. The number of aromatic nitrogens is 4. The van der Waals surface area contributed by atoms with Crippen molar-refractivity contribution in [1.82, 2.24) is 24.4 Å². The van der Waals surface area contributed by atoms with E-state index in [9.17, 15) is 14.0 Å². The number of primary amides is 1. The molecule has 1 fully saturated rings. The van der Waals surface area contributed by atoms with Gasteiger partial charge in [-0.3, -0.25) is 14.6 Å². The van der Waals surface area contributed by atoms with Gasteiger partial charge in [0.1, 0.15) is 18.2 Å². The van der Waals surface area contributed by atoms with Crippen molar-refractivity contribution in [3.63, 3.8) is 0 Å². The molecule has 0 saturated carbocycles. The number of carbonyl (C=O) groups excluding carboxylic acids is 2. The molecule has 3 heterocycles. The first kappa shape index (κ1) is 24.6. The molecule has 5 rings (SSSR count). The fourth-order valence-electron chi connectivity index (χ4n) is 4.62. The Hall–Kier alpha value is -4.12. The van der Waals surface area contributed by atoms with Gasteiger partial charge in [0, 0.05) is 44.4 Å². The molecule has 1 aliphatic rings. The highest BCUT2D eigenvalue weighted by atomic mass is 19.1. The van der Waals surface area contributed by atoms with Crippen molar-refractivity contribution in [3.05, 3.63) is 60.3 Å². The number of benzene rings is 2. The van der Waals surface area contributed by atoms with Crippen molar-refractivity contribution in [2.24, 2.45) is 5.73 Å². The lowest BCUT2D eigenvalue weighted by Gasteiger charge is -2.37. The topological polar surface area (TPSA) is 119 Å². The van der Waals surface area contributed by atoms with Crippen LogP contribution in [-0.4, -0.2) is 75.6 Å². The number of carbonyl (C=O) groups is 2. The Kier molecular flexibility index (Phi) is 6.95. The van der Waals surface area contributed by atoms with Crippen LogP contribution in [0.1, 0.15) is 23.2 Å². The summed E-state index contributed by atoms with van der Waals surface area (Å²) in [6.07, 6.45) is 4.95. The number of nitrogens with zero attached hydrogens (tertiary/aromatic N) is 6. The second-order valence-electron chi connectivity index (χ2n) is 9.14. The monoisotopic (exact) mass is 505 g/mol. The Labute approximate surface area is 212 Å². The molecule has 0 spiro atoms. The van der Waals surface area contributed by atoms with E-state index in [4.69, 9.17) is 10.5 Å². The summed E-state index contributed by atoms with van der Waals surface area (Å²) in [6.45, 7) is 2.29. The van der Waals surface area contributed by atoms with Crippen LogP contribution in [0.25, 0.3) is 22.1 Å². The number of hydrogen-bond acceptors (Lipinski definition) is 7. The SMILES string of the molecule is CN(C(=O)COCCn1cnc2ccc(C(N)=O)cc21)C1CCN(c2cnc3cc(F)ccc3n2)CC1. The molecule has 2 aromatic heterocycles. The molecule has 10 nitrogen and oxygen atoms in total. The summed E-state index contributed by atoms with van der Waals surface area (Å²) in [5.41, 5.74) is 8.53. The third-order valence-electron chi connectivity index (χ3n) is 6.83. The largest absolute Gasteiger partial charge is 0.370 e. The molecule has 1 saturated heterocycles. The zero-order valence-electron chi connectivity index (χ0n) is 20.5. The number of piperidine rings is 1. The Bertz CT molecular complexity index is 1450. The smallest absolute Gasteiger partial charge is 0.248 e. The Balaban J connectivity index is 1.09. The van der Waals surface area contributed by atoms with Crippen LogP contribution in [0.3, 0.4) is 0 Å². The fourth-order valence-corrected chi connectivity index (χ4v) is 4.62. The number of likely N-dealkylation sites (N-methyl/N-ethyl adjacent to an activating group) is 1. The molecule has 11 heteroatoms. The summed E-state index contributed by atoms with van der Waals surface area (Å²) in [5.74, 6) is -0.143. The lowest BCUT2D eigenvalue weighted by molar-refractivity contribution is -0.137. The Morgan fingerprint density at radius 1 is 1.11 bits per heavy atom. The maximum Gasteiger partial charge on any atom is 0.248 e. The molecule has 0 unspecified atom stereocenters. The van der Waals surface area contributed by atoms with E-state index in [0.29, 0.717) is 29.7 Å². The maximum atomic E-state index is 13.4. The van der Waals surface area contributed by atoms with Crippen LogP contribution < -0.4 is 10.6 Å². The van der Waals surface area contributed by atoms with Crippen molar-refractivity contribution in [2.75, 3.05) is 38.3 Å². The van der Waals surface area contributed by atoms with Crippen LogP contribution in [0.2, 0.25) is 0 Å². The van der Waals surface area contributed by atoms with Crippen LogP contribution in [0.5, 0.6) is 0 Å². The van der Waals surface area contributed by atoms with Crippen molar-refractivity contribution in [1.29, 1.82) is 0 Å². The first-order chi connectivity index (χ1) is 17.9. The zero-order chi connectivity index (χ0) is 25.9. The van der Waals surface area contributed by atoms with Gasteiger partial charge in [-0.1, -0.05) is 0 Å². The molecule has 0 radical (unpaired) electrons. The molecule has 1 aliphatic heterocycles. The van der Waals surface area contributed by atoms with Crippen molar-refractivity contribution < 1.29 is 18.7 Å². The molecular formula is C26H28FN7O3. The molecule has 192 valence electrons. The summed E-state index contributed by atoms with van der Waals surface area (Å²) in [7, 11) is 1.81. The van der Waals surface area contributed by atoms with Gasteiger partial charge in [0.25, 0.3) is 0 Å². The highest BCUT2D eigenvalue weighted by Gasteiger charge is 2.26. The van der Waals surface area contributed by atoms with Gasteiger partial charge in [0.2, 0.25) is 11.8 Å². The van der Waals surface area contributed by atoms with Gasteiger partial charge < -0.3 is 24.8 Å². The highest BCUT2D eigenvalue weighted by Crippen LogP contribution is 2.22. The molecular weight excluding hydrogens is 477 g/mol. The molecule has 2 amide bonds. The highest BCUT2D eigenvalue weighted by molar-refractivity contribution is 5.96. The molecule has 0 aliphatic carbocycles. The minimum absolute atomic E-state index is 0.0113. The van der Waals surface area contributed by atoms with Crippen LogP contribution in [0.15, 0.2) is 48.9 Å². The minimum atomic E-state index is -0.493. The average molecular weight is 506 g/mol. The first-order valence-corrected chi connectivity index (χ1v) is 12.1. The second kappa shape index (κ2) is 10.5. The average Bonchev–Trinajstić information content (AvgIpc) is 3.32. The van der Waals surface area contributed by atoms with E-state index in [0.717, 1.165) is 42.8 Å². The van der Waals surface area contributed by atoms with Gasteiger partial charge in [-0.15, -0.1) is 0 Å². The van der Waals surface area contributed by atoms with Gasteiger partial charge in [-0.25, -0.2) is 14.4 Å². The predicted molar refractivity (Wildman–Crippen MR) is 137 cm³/mol. The minimum Gasteiger partial charge on any atom is -0.370 e. The fraction of sp³-hybridized carbons (Fsp3) is 0.346. The van der Waals surface area contributed by atoms with Gasteiger partial charge in [-0.05, 0) is 43.2 Å². The number of halogens is 1. The van der Waals surface area contributed by atoms with Crippen molar-refractivity contribution >= 4 is 39.7 Å². The summed E-state index contributed by atoms with van der Waals surface area (Å²) < 4.78 is 20.9. The summed E-state index contributed by atoms with van der Waals surface area (Å²) in [6, 6.07) is 9.61. The first-order valence-electron chi connectivity index (χ1n) is 12.1. The standard InChI is InChI=1S/C26H28FN7O3/c1-32(19-6-8-33(9-7-19)24-14-29-22-13-18(27)3-5-20(22)31-24)25(35)15-37-11-10-34-16-30-21-4-2-17(26(28)36)12-23(21)34/h2-5,12-14,16,19H,6-11,15H2,1H3,(H2,28,36). The number of rotatable bonds is 8. The molecule has 0 atom stereocenters.